The molecule has 3 rings (SSSR count). The summed E-state index contributed by atoms with van der Waals surface area (Å²) in [6.45, 7) is 3.85. The maximum absolute atomic E-state index is 5.92. The Labute approximate surface area is 113 Å². The molecule has 1 fully saturated rings. The second-order valence-electron chi connectivity index (χ2n) is 5.38. The smallest absolute Gasteiger partial charge is 0.130 e. The molecule has 0 unspecified atom stereocenters. The molecule has 1 aromatic carbocycles. The van der Waals surface area contributed by atoms with E-state index in [1.54, 1.807) is 0 Å². The summed E-state index contributed by atoms with van der Waals surface area (Å²) in [5.74, 6) is 2.07. The Kier molecular flexibility index (Phi) is 2.97. The number of hydrogen-bond acceptors (Lipinski definition) is 3. The lowest BCUT2D eigenvalue weighted by Crippen LogP contribution is -2.08. The van der Waals surface area contributed by atoms with Crippen molar-refractivity contribution in [2.24, 2.45) is 0 Å². The van der Waals surface area contributed by atoms with Crippen LogP contribution >= 0.6 is 0 Å². The van der Waals surface area contributed by atoms with Gasteiger partial charge < -0.3 is 5.73 Å². The minimum absolute atomic E-state index is 0.575. The van der Waals surface area contributed by atoms with Crippen molar-refractivity contribution in [3.8, 4) is 11.3 Å². The van der Waals surface area contributed by atoms with Crippen LogP contribution in [0, 0.1) is 13.8 Å². The summed E-state index contributed by atoms with van der Waals surface area (Å²) in [6.07, 6.45) is 4.03. The van der Waals surface area contributed by atoms with E-state index in [2.05, 4.69) is 34.2 Å². The Bertz CT molecular complexity index is 598. The number of aryl methyl sites for hydroxylation is 1. The van der Waals surface area contributed by atoms with Gasteiger partial charge in [-0.2, -0.15) is 0 Å². The minimum atomic E-state index is 0.575. The summed E-state index contributed by atoms with van der Waals surface area (Å²) in [5, 5.41) is 0. The Morgan fingerprint density at radius 1 is 1.05 bits per heavy atom. The molecule has 19 heavy (non-hydrogen) atoms. The van der Waals surface area contributed by atoms with Crippen LogP contribution in [0.25, 0.3) is 11.3 Å². The van der Waals surface area contributed by atoms with E-state index in [0.29, 0.717) is 5.82 Å². The van der Waals surface area contributed by atoms with Gasteiger partial charge in [-0.15, -0.1) is 0 Å². The van der Waals surface area contributed by atoms with Crippen molar-refractivity contribution in [2.75, 3.05) is 5.73 Å². The number of aromatic nitrogens is 2. The topological polar surface area (TPSA) is 51.8 Å². The Balaban J connectivity index is 1.97. The van der Waals surface area contributed by atoms with Gasteiger partial charge in [-0.05, 0) is 38.2 Å². The number of nitrogens with two attached hydrogens (primary N) is 1. The number of nitrogens with zero attached hydrogens (tertiary/aromatic N) is 2. The van der Waals surface area contributed by atoms with Gasteiger partial charge in [-0.1, -0.05) is 30.7 Å². The molecule has 1 heterocycles. The monoisotopic (exact) mass is 253 g/mol. The highest BCUT2D eigenvalue weighted by Crippen LogP contribution is 2.37. The number of anilines is 1. The molecule has 2 N–H and O–H groups in total. The molecule has 1 aromatic heterocycles. The summed E-state index contributed by atoms with van der Waals surface area (Å²) in [6, 6.07) is 8.77. The van der Waals surface area contributed by atoms with Gasteiger partial charge in [0, 0.05) is 11.1 Å². The second kappa shape index (κ2) is 4.65. The number of nitrogen functional groups attached to an aromatic ring is 1. The number of hydrogen-bond donors (Lipinski definition) is 1. The molecular weight excluding hydrogens is 234 g/mol. The number of benzene rings is 1. The molecule has 98 valence electrons. The van der Waals surface area contributed by atoms with E-state index in [-0.39, 0.29) is 0 Å². The summed E-state index contributed by atoms with van der Waals surface area (Å²) in [5.41, 5.74) is 10.4. The Morgan fingerprint density at radius 2 is 1.74 bits per heavy atom. The van der Waals surface area contributed by atoms with Crippen LogP contribution in [-0.4, -0.2) is 9.97 Å². The first-order chi connectivity index (χ1) is 9.15. The Hall–Kier alpha value is -1.90. The van der Waals surface area contributed by atoms with Gasteiger partial charge in [0.05, 0.1) is 5.69 Å². The SMILES string of the molecule is Cc1nc(N)c(C)c(-c2ccc(C3CCC3)cc2)n1. The molecule has 0 aliphatic heterocycles. The maximum atomic E-state index is 5.92. The molecule has 0 atom stereocenters. The molecular formula is C16H19N3. The van der Waals surface area contributed by atoms with Gasteiger partial charge in [0.1, 0.15) is 11.6 Å². The van der Waals surface area contributed by atoms with Crippen molar-refractivity contribution < 1.29 is 0 Å². The van der Waals surface area contributed by atoms with Crippen molar-refractivity contribution in [3.63, 3.8) is 0 Å². The lowest BCUT2D eigenvalue weighted by Gasteiger charge is -2.25. The van der Waals surface area contributed by atoms with Crippen LogP contribution < -0.4 is 5.73 Å². The lowest BCUT2D eigenvalue weighted by atomic mass is 9.80. The molecule has 0 radical (unpaired) electrons. The van der Waals surface area contributed by atoms with E-state index >= 15 is 0 Å². The van der Waals surface area contributed by atoms with E-state index < -0.39 is 0 Å². The van der Waals surface area contributed by atoms with E-state index in [0.717, 1.165) is 28.6 Å². The van der Waals surface area contributed by atoms with Crippen LogP contribution in [0.4, 0.5) is 5.82 Å². The minimum Gasteiger partial charge on any atom is -0.383 e. The Morgan fingerprint density at radius 3 is 2.32 bits per heavy atom. The van der Waals surface area contributed by atoms with Crippen LogP contribution in [0.15, 0.2) is 24.3 Å². The predicted octanol–water partition coefficient (Wildman–Crippen LogP) is 3.61. The van der Waals surface area contributed by atoms with Crippen molar-refractivity contribution >= 4 is 5.82 Å². The average Bonchev–Trinajstić information content (AvgIpc) is 2.33. The highest BCUT2D eigenvalue weighted by Gasteiger charge is 2.19. The van der Waals surface area contributed by atoms with Gasteiger partial charge in [0.15, 0.2) is 0 Å². The van der Waals surface area contributed by atoms with Gasteiger partial charge in [0.25, 0.3) is 0 Å². The van der Waals surface area contributed by atoms with E-state index in [1.165, 1.54) is 24.8 Å². The molecule has 0 spiro atoms. The fourth-order valence-corrected chi connectivity index (χ4v) is 2.59. The highest BCUT2D eigenvalue weighted by atomic mass is 14.9. The maximum Gasteiger partial charge on any atom is 0.130 e. The van der Waals surface area contributed by atoms with Gasteiger partial charge in [0.2, 0.25) is 0 Å². The third-order valence-corrected chi connectivity index (χ3v) is 4.06. The number of rotatable bonds is 2. The van der Waals surface area contributed by atoms with Gasteiger partial charge >= 0.3 is 0 Å². The zero-order valence-corrected chi connectivity index (χ0v) is 11.5. The van der Waals surface area contributed by atoms with Crippen LogP contribution in [0.5, 0.6) is 0 Å². The fraction of sp³-hybridized carbons (Fsp3) is 0.375. The third-order valence-electron chi connectivity index (χ3n) is 4.06. The van der Waals surface area contributed by atoms with Crippen molar-refractivity contribution in [3.05, 3.63) is 41.2 Å². The largest absolute Gasteiger partial charge is 0.383 e. The van der Waals surface area contributed by atoms with E-state index in [1.807, 2.05) is 13.8 Å². The first kappa shape index (κ1) is 12.2. The average molecular weight is 253 g/mol. The molecule has 2 aromatic rings. The zero-order chi connectivity index (χ0) is 13.4. The molecule has 1 aliphatic carbocycles. The van der Waals surface area contributed by atoms with Crippen molar-refractivity contribution in [1.82, 2.24) is 9.97 Å². The van der Waals surface area contributed by atoms with Crippen molar-refractivity contribution in [2.45, 2.75) is 39.0 Å². The fourth-order valence-electron chi connectivity index (χ4n) is 2.59. The predicted molar refractivity (Wildman–Crippen MR) is 77.9 cm³/mol. The van der Waals surface area contributed by atoms with Crippen LogP contribution in [0.3, 0.4) is 0 Å². The van der Waals surface area contributed by atoms with Gasteiger partial charge in [-0.3, -0.25) is 0 Å². The lowest BCUT2D eigenvalue weighted by molar-refractivity contribution is 0.420. The van der Waals surface area contributed by atoms with Crippen LogP contribution in [0.2, 0.25) is 0 Å². The van der Waals surface area contributed by atoms with Crippen LogP contribution in [0.1, 0.15) is 42.1 Å². The molecule has 0 saturated heterocycles. The second-order valence-corrected chi connectivity index (χ2v) is 5.38. The van der Waals surface area contributed by atoms with E-state index in [4.69, 9.17) is 5.73 Å². The van der Waals surface area contributed by atoms with Gasteiger partial charge in [-0.25, -0.2) is 9.97 Å². The summed E-state index contributed by atoms with van der Waals surface area (Å²) in [7, 11) is 0. The van der Waals surface area contributed by atoms with Crippen LogP contribution in [-0.2, 0) is 0 Å². The highest BCUT2D eigenvalue weighted by molar-refractivity contribution is 5.67. The molecule has 3 heteroatoms. The molecule has 0 amide bonds. The quantitative estimate of drug-likeness (QED) is 0.889. The zero-order valence-electron chi connectivity index (χ0n) is 11.5. The summed E-state index contributed by atoms with van der Waals surface area (Å²) in [4.78, 5) is 8.72. The first-order valence-electron chi connectivity index (χ1n) is 6.86. The molecule has 1 saturated carbocycles. The molecule has 0 bridgehead atoms. The van der Waals surface area contributed by atoms with E-state index in [9.17, 15) is 0 Å². The molecule has 3 nitrogen and oxygen atoms in total. The normalized spacial score (nSPS) is 15.3. The third kappa shape index (κ3) is 2.21. The summed E-state index contributed by atoms with van der Waals surface area (Å²) >= 11 is 0. The summed E-state index contributed by atoms with van der Waals surface area (Å²) < 4.78 is 0. The first-order valence-corrected chi connectivity index (χ1v) is 6.86. The standard InChI is InChI=1S/C16H19N3/c1-10-15(18-11(2)19-16(10)17)14-8-6-13(7-9-14)12-4-3-5-12/h6-9,12H,3-5H2,1-2H3,(H2,17,18,19). The molecule has 1 aliphatic rings. The van der Waals surface area contributed by atoms with Crippen molar-refractivity contribution in [1.29, 1.82) is 0 Å².